The zero-order valence-electron chi connectivity index (χ0n) is 17.4. The second-order valence-electron chi connectivity index (χ2n) is 8.50. The van der Waals surface area contributed by atoms with Crippen molar-refractivity contribution >= 4 is 17.6 Å². The molecule has 3 atom stereocenters. The molecule has 0 unspecified atom stereocenters. The highest BCUT2D eigenvalue weighted by Crippen LogP contribution is 2.50. The SMILES string of the molecule is CC(C)c1ccc([C@H]2Nc3ccc(C(=O)NCCC(=O)O)cc3[C@H]3C=CC[C@H]32)cc1. The van der Waals surface area contributed by atoms with Crippen LogP contribution in [0.2, 0.25) is 0 Å². The lowest BCUT2D eigenvalue weighted by molar-refractivity contribution is -0.136. The van der Waals surface area contributed by atoms with E-state index in [0.29, 0.717) is 17.4 Å². The maximum Gasteiger partial charge on any atom is 0.305 e. The number of carbonyl (C=O) groups is 2. The summed E-state index contributed by atoms with van der Waals surface area (Å²) in [6.45, 7) is 4.54. The van der Waals surface area contributed by atoms with Gasteiger partial charge in [0.2, 0.25) is 0 Å². The van der Waals surface area contributed by atoms with Crippen LogP contribution >= 0.6 is 0 Å². The number of carboxylic acids is 1. The number of carboxylic acid groups (broad SMARTS) is 1. The number of amides is 1. The van der Waals surface area contributed by atoms with E-state index in [1.807, 2.05) is 12.1 Å². The third kappa shape index (κ3) is 3.97. The molecule has 1 aliphatic heterocycles. The Hall–Kier alpha value is -3.08. The van der Waals surface area contributed by atoms with Gasteiger partial charge in [-0.05, 0) is 53.1 Å². The van der Waals surface area contributed by atoms with E-state index in [0.717, 1.165) is 17.7 Å². The van der Waals surface area contributed by atoms with E-state index in [-0.39, 0.29) is 30.8 Å². The summed E-state index contributed by atoms with van der Waals surface area (Å²) in [6, 6.07) is 14.9. The van der Waals surface area contributed by atoms with Gasteiger partial charge in [-0.3, -0.25) is 9.59 Å². The predicted octanol–water partition coefficient (Wildman–Crippen LogP) is 4.84. The summed E-state index contributed by atoms with van der Waals surface area (Å²) >= 11 is 0. The summed E-state index contributed by atoms with van der Waals surface area (Å²) in [4.78, 5) is 23.1. The second-order valence-corrected chi connectivity index (χ2v) is 8.50. The molecule has 5 nitrogen and oxygen atoms in total. The molecule has 4 rings (SSSR count). The fourth-order valence-electron chi connectivity index (χ4n) is 4.54. The van der Waals surface area contributed by atoms with Crippen LogP contribution in [0.15, 0.2) is 54.6 Å². The average Bonchev–Trinajstić information content (AvgIpc) is 3.23. The topological polar surface area (TPSA) is 78.4 Å². The number of rotatable bonds is 6. The lowest BCUT2D eigenvalue weighted by Gasteiger charge is -2.37. The third-order valence-electron chi connectivity index (χ3n) is 6.21. The molecule has 2 aromatic carbocycles. The zero-order chi connectivity index (χ0) is 21.3. The molecule has 0 saturated carbocycles. The first-order chi connectivity index (χ1) is 14.4. The molecular formula is C25H28N2O3. The lowest BCUT2D eigenvalue weighted by Crippen LogP contribution is -2.30. The van der Waals surface area contributed by atoms with Gasteiger partial charge in [0.1, 0.15) is 0 Å². The Balaban J connectivity index is 1.57. The van der Waals surface area contributed by atoms with Gasteiger partial charge in [-0.1, -0.05) is 50.3 Å². The van der Waals surface area contributed by atoms with Crippen molar-refractivity contribution in [1.29, 1.82) is 0 Å². The quantitative estimate of drug-likeness (QED) is 0.602. The maximum absolute atomic E-state index is 12.4. The minimum atomic E-state index is -0.920. The molecule has 0 bridgehead atoms. The predicted molar refractivity (Wildman–Crippen MR) is 118 cm³/mol. The van der Waals surface area contributed by atoms with Gasteiger partial charge in [0.15, 0.2) is 0 Å². The van der Waals surface area contributed by atoms with E-state index >= 15 is 0 Å². The van der Waals surface area contributed by atoms with Crippen molar-refractivity contribution in [1.82, 2.24) is 5.32 Å². The zero-order valence-corrected chi connectivity index (χ0v) is 17.4. The third-order valence-corrected chi connectivity index (χ3v) is 6.21. The summed E-state index contributed by atoms with van der Waals surface area (Å²) < 4.78 is 0. The van der Waals surface area contributed by atoms with Crippen LogP contribution in [0.3, 0.4) is 0 Å². The van der Waals surface area contributed by atoms with Crippen LogP contribution in [0.4, 0.5) is 5.69 Å². The number of fused-ring (bicyclic) bond motifs is 3. The van der Waals surface area contributed by atoms with Gasteiger partial charge in [-0.15, -0.1) is 0 Å². The highest BCUT2D eigenvalue weighted by atomic mass is 16.4. The van der Waals surface area contributed by atoms with Crippen molar-refractivity contribution in [3.8, 4) is 0 Å². The first-order valence-corrected chi connectivity index (χ1v) is 10.6. The van der Waals surface area contributed by atoms with Gasteiger partial charge < -0.3 is 15.7 Å². The molecule has 0 radical (unpaired) electrons. The molecule has 30 heavy (non-hydrogen) atoms. The van der Waals surface area contributed by atoms with Crippen LogP contribution in [0.5, 0.6) is 0 Å². The van der Waals surface area contributed by atoms with Gasteiger partial charge in [0.05, 0.1) is 12.5 Å². The summed E-state index contributed by atoms with van der Waals surface area (Å²) in [5.74, 6) is 0.0379. The van der Waals surface area contributed by atoms with Crippen molar-refractivity contribution in [3.63, 3.8) is 0 Å². The van der Waals surface area contributed by atoms with Crippen LogP contribution in [-0.2, 0) is 4.79 Å². The highest BCUT2D eigenvalue weighted by Gasteiger charge is 2.38. The standard InChI is InChI=1S/C25H28N2O3/c1-15(2)16-6-8-17(9-7-16)24-20-5-3-4-19(20)21-14-18(10-11-22(21)27-24)25(30)26-13-12-23(28)29/h3-4,6-11,14-15,19-20,24,27H,5,12-13H2,1-2H3,(H,26,30)(H,28,29)/t19-,20+,24+/m0/s1. The Morgan fingerprint density at radius 3 is 2.63 bits per heavy atom. The number of anilines is 1. The highest BCUT2D eigenvalue weighted by molar-refractivity contribution is 5.95. The van der Waals surface area contributed by atoms with Gasteiger partial charge in [0.25, 0.3) is 5.91 Å². The number of benzene rings is 2. The Bertz CT molecular complexity index is 978. The number of hydrogen-bond acceptors (Lipinski definition) is 3. The minimum Gasteiger partial charge on any atom is -0.481 e. The average molecular weight is 405 g/mol. The van der Waals surface area contributed by atoms with Crippen molar-refractivity contribution in [3.05, 3.63) is 76.9 Å². The Morgan fingerprint density at radius 2 is 1.93 bits per heavy atom. The molecule has 0 fully saturated rings. The normalized spacial score (nSPS) is 21.6. The van der Waals surface area contributed by atoms with E-state index in [1.165, 1.54) is 11.1 Å². The smallest absolute Gasteiger partial charge is 0.305 e. The largest absolute Gasteiger partial charge is 0.481 e. The number of carbonyl (C=O) groups excluding carboxylic acids is 1. The molecule has 5 heteroatoms. The molecule has 3 N–H and O–H groups in total. The summed E-state index contributed by atoms with van der Waals surface area (Å²) in [5, 5.41) is 15.1. The Kier molecular flexibility index (Phi) is 5.62. The number of allylic oxidation sites excluding steroid dienone is 2. The number of hydrogen-bond donors (Lipinski definition) is 3. The molecule has 0 spiro atoms. The van der Waals surface area contributed by atoms with Gasteiger partial charge >= 0.3 is 5.97 Å². The van der Waals surface area contributed by atoms with Crippen molar-refractivity contribution in [2.45, 2.75) is 44.6 Å². The minimum absolute atomic E-state index is 0.0804. The Morgan fingerprint density at radius 1 is 1.17 bits per heavy atom. The van der Waals surface area contributed by atoms with Crippen molar-refractivity contribution in [2.24, 2.45) is 5.92 Å². The van der Waals surface area contributed by atoms with Gasteiger partial charge in [-0.25, -0.2) is 0 Å². The molecule has 1 heterocycles. The maximum atomic E-state index is 12.4. The molecule has 0 saturated heterocycles. The van der Waals surface area contributed by atoms with E-state index in [2.05, 4.69) is 60.9 Å². The van der Waals surface area contributed by atoms with Gasteiger partial charge in [0, 0.05) is 23.7 Å². The fourth-order valence-corrected chi connectivity index (χ4v) is 4.54. The number of aliphatic carboxylic acids is 1. The molecular weight excluding hydrogens is 376 g/mol. The van der Waals surface area contributed by atoms with Gasteiger partial charge in [-0.2, -0.15) is 0 Å². The van der Waals surface area contributed by atoms with E-state index in [4.69, 9.17) is 5.11 Å². The first kappa shape index (κ1) is 20.2. The molecule has 156 valence electrons. The van der Waals surface area contributed by atoms with Crippen LogP contribution in [0, 0.1) is 5.92 Å². The van der Waals surface area contributed by atoms with E-state index in [1.54, 1.807) is 6.07 Å². The van der Waals surface area contributed by atoms with Crippen molar-refractivity contribution in [2.75, 3.05) is 11.9 Å². The lowest BCUT2D eigenvalue weighted by atomic mass is 9.76. The summed E-state index contributed by atoms with van der Waals surface area (Å²) in [5.41, 5.74) is 5.39. The summed E-state index contributed by atoms with van der Waals surface area (Å²) in [7, 11) is 0. The van der Waals surface area contributed by atoms with Crippen molar-refractivity contribution < 1.29 is 14.7 Å². The summed E-state index contributed by atoms with van der Waals surface area (Å²) in [6.07, 6.45) is 5.42. The molecule has 0 aromatic heterocycles. The second kappa shape index (κ2) is 8.34. The van der Waals surface area contributed by atoms with Crippen LogP contribution in [-0.4, -0.2) is 23.5 Å². The monoisotopic (exact) mass is 404 g/mol. The van der Waals surface area contributed by atoms with E-state index < -0.39 is 5.97 Å². The van der Waals surface area contributed by atoms with Crippen LogP contribution < -0.4 is 10.6 Å². The van der Waals surface area contributed by atoms with Crippen LogP contribution in [0.25, 0.3) is 0 Å². The fraction of sp³-hybridized carbons (Fsp3) is 0.360. The Labute approximate surface area is 177 Å². The number of nitrogens with one attached hydrogen (secondary N) is 2. The molecule has 1 amide bonds. The first-order valence-electron chi connectivity index (χ1n) is 10.6. The van der Waals surface area contributed by atoms with E-state index in [9.17, 15) is 9.59 Å². The molecule has 2 aromatic rings. The molecule has 2 aliphatic rings. The van der Waals surface area contributed by atoms with Crippen LogP contribution in [0.1, 0.15) is 71.6 Å². The molecule has 1 aliphatic carbocycles.